The molecule has 0 saturated heterocycles. The third kappa shape index (κ3) is 22.7. The summed E-state index contributed by atoms with van der Waals surface area (Å²) in [6.45, 7) is 0. The summed E-state index contributed by atoms with van der Waals surface area (Å²) in [4.78, 5) is 3.78. The van der Waals surface area contributed by atoms with Gasteiger partial charge in [-0.2, -0.15) is 0 Å². The van der Waals surface area contributed by atoms with E-state index in [-0.39, 0.29) is 12.4 Å². The minimum Gasteiger partial charge on any atom is -0.265 e. The Hall–Kier alpha value is -0.508. The van der Waals surface area contributed by atoms with E-state index in [1.165, 1.54) is 0 Å². The Morgan fingerprint density at radius 2 is 1.33 bits per heavy atom. The molecule has 0 aromatic carbocycles. The van der Waals surface area contributed by atoms with E-state index in [4.69, 9.17) is 15.9 Å². The van der Waals surface area contributed by atoms with E-state index in [0.29, 0.717) is 0 Å². The zero-order valence-corrected chi connectivity index (χ0v) is 7.95. The standard InChI is InChI=1S/C5H5N.ClH.Cr.2H2O.2O/c1-2-4-6-5-3-1;;;;;;/h1-5H;1H;;2*1H2;;/q;;+2;;;;/p-2. The van der Waals surface area contributed by atoms with Crippen LogP contribution < -0.4 is 0 Å². The van der Waals surface area contributed by atoms with Gasteiger partial charge in [-0.1, -0.05) is 6.07 Å². The van der Waals surface area contributed by atoms with Gasteiger partial charge in [0.2, 0.25) is 0 Å². The second kappa shape index (κ2) is 7.16. The third-order valence-corrected chi connectivity index (χ3v) is 0.566. The van der Waals surface area contributed by atoms with Gasteiger partial charge in [0.25, 0.3) is 0 Å². The Balaban J connectivity index is 0. The van der Waals surface area contributed by atoms with E-state index in [9.17, 15) is 0 Å². The van der Waals surface area contributed by atoms with E-state index in [1.54, 1.807) is 12.4 Å². The summed E-state index contributed by atoms with van der Waals surface area (Å²) in [7, 11) is 0. The van der Waals surface area contributed by atoms with Crippen LogP contribution in [-0.2, 0) is 21.2 Å². The quantitative estimate of drug-likeness (QED) is 0.666. The van der Waals surface area contributed by atoms with Crippen molar-refractivity contribution in [1.29, 1.82) is 0 Å². The van der Waals surface area contributed by atoms with Gasteiger partial charge in [0.05, 0.1) is 0 Å². The van der Waals surface area contributed by atoms with Crippen LogP contribution in [0.4, 0.5) is 0 Å². The number of hydrogen-bond acceptors (Lipinski definition) is 3. The van der Waals surface area contributed by atoms with Gasteiger partial charge >= 0.3 is 29.5 Å². The fraction of sp³-hybridized carbons (Fsp3) is 0. The van der Waals surface area contributed by atoms with Crippen LogP contribution in [0, 0.1) is 0 Å². The molecule has 1 aromatic rings. The summed E-state index contributed by atoms with van der Waals surface area (Å²) in [5.74, 6) is 0. The molecule has 0 radical (unpaired) electrons. The van der Waals surface area contributed by atoms with Crippen molar-refractivity contribution in [3.8, 4) is 0 Å². The summed E-state index contributed by atoms with van der Waals surface area (Å²) in [5.41, 5.74) is 0. The second-order valence-corrected chi connectivity index (χ2v) is 2.87. The normalized spacial score (nSPS) is 8.83. The first-order chi connectivity index (χ1) is 5.00. The average Bonchev–Trinajstić information content (AvgIpc) is 1.88. The summed E-state index contributed by atoms with van der Waals surface area (Å²) in [6, 6.07) is 5.72. The Labute approximate surface area is 77.9 Å². The van der Waals surface area contributed by atoms with E-state index in [0.717, 1.165) is 0 Å². The molecule has 1 rings (SSSR count). The van der Waals surface area contributed by atoms with E-state index in [1.807, 2.05) is 18.2 Å². The Bertz CT molecular complexity index is 240. The summed E-state index contributed by atoms with van der Waals surface area (Å²) in [6.07, 6.45) is 3.50. The molecular formula is C5H8ClCrNO4. The second-order valence-electron chi connectivity index (χ2n) is 1.47. The molecule has 0 atom stereocenters. The topological polar surface area (TPSA) is 87.5 Å². The van der Waals surface area contributed by atoms with Crippen molar-refractivity contribution in [3.63, 3.8) is 0 Å². The van der Waals surface area contributed by atoms with Gasteiger partial charge in [-0.15, -0.1) is 12.4 Å². The molecule has 7 heteroatoms. The van der Waals surface area contributed by atoms with Crippen LogP contribution in [0.3, 0.4) is 0 Å². The van der Waals surface area contributed by atoms with E-state index in [2.05, 4.69) is 4.98 Å². The fourth-order valence-electron chi connectivity index (χ4n) is 0.313. The van der Waals surface area contributed by atoms with Gasteiger partial charge in [-0.25, -0.2) is 0 Å². The summed E-state index contributed by atoms with van der Waals surface area (Å²) in [5, 5.41) is 0. The van der Waals surface area contributed by atoms with Crippen LogP contribution in [0.15, 0.2) is 30.6 Å². The van der Waals surface area contributed by atoms with Crippen LogP contribution in [-0.4, -0.2) is 13.3 Å². The fourth-order valence-corrected chi connectivity index (χ4v) is 0.313. The van der Waals surface area contributed by atoms with Crippen molar-refractivity contribution in [3.05, 3.63) is 30.6 Å². The van der Waals surface area contributed by atoms with Crippen molar-refractivity contribution in [2.75, 3.05) is 0 Å². The Morgan fingerprint density at radius 3 is 1.42 bits per heavy atom. The molecule has 0 aliphatic carbocycles. The number of aromatic nitrogens is 1. The van der Waals surface area contributed by atoms with Crippen LogP contribution in [0.5, 0.6) is 0 Å². The molecule has 70 valence electrons. The first-order valence-corrected chi connectivity index (χ1v) is 4.73. The molecule has 0 aliphatic rings. The smallest absolute Gasteiger partial charge is 0.0267 e. The molecule has 5 nitrogen and oxygen atoms in total. The zero-order chi connectivity index (χ0) is 8.74. The minimum atomic E-state index is -5.25. The van der Waals surface area contributed by atoms with Crippen molar-refractivity contribution in [2.24, 2.45) is 0 Å². The largest absolute Gasteiger partial charge is 0.265 e. The van der Waals surface area contributed by atoms with Crippen molar-refractivity contribution in [1.82, 2.24) is 4.98 Å². The van der Waals surface area contributed by atoms with Crippen LogP contribution in [0.25, 0.3) is 0 Å². The number of rotatable bonds is 0. The number of pyridine rings is 1. The van der Waals surface area contributed by atoms with Crippen LogP contribution in [0.2, 0.25) is 0 Å². The predicted molar refractivity (Wildman–Crippen MR) is 37.3 cm³/mol. The molecule has 0 fully saturated rings. The first-order valence-electron chi connectivity index (χ1n) is 2.55. The average molecular weight is 234 g/mol. The maximum atomic E-state index is 8.82. The Morgan fingerprint density at radius 1 is 1.00 bits per heavy atom. The van der Waals surface area contributed by atoms with Gasteiger partial charge in [0.1, 0.15) is 0 Å². The van der Waals surface area contributed by atoms with Crippen LogP contribution in [0.1, 0.15) is 0 Å². The van der Waals surface area contributed by atoms with Gasteiger partial charge in [-0.3, -0.25) is 4.98 Å². The minimum absolute atomic E-state index is 0. The number of halogens is 1. The molecule has 1 heterocycles. The molecule has 1 aromatic heterocycles. The molecule has 12 heavy (non-hydrogen) atoms. The summed E-state index contributed by atoms with van der Waals surface area (Å²) < 4.78 is 31.9. The number of nitrogens with zero attached hydrogens (tertiary/aromatic N) is 1. The maximum absolute atomic E-state index is 8.82. The van der Waals surface area contributed by atoms with Crippen molar-refractivity contribution < 1.29 is 29.5 Å². The van der Waals surface area contributed by atoms with Gasteiger partial charge in [0, 0.05) is 12.4 Å². The molecular weight excluding hydrogens is 226 g/mol. The SMILES string of the molecule is Cl.[O]=[Cr](=[O])([OH])[OH].c1ccncc1. The monoisotopic (exact) mass is 233 g/mol. The van der Waals surface area contributed by atoms with E-state index >= 15 is 0 Å². The summed E-state index contributed by atoms with van der Waals surface area (Å²) >= 11 is -5.25. The molecule has 0 saturated carbocycles. The van der Waals surface area contributed by atoms with Gasteiger partial charge < -0.3 is 0 Å². The predicted octanol–water partition coefficient (Wildman–Crippen LogP) is 0.149. The Kier molecular flexibility index (Phi) is 8.38. The molecule has 0 amide bonds. The van der Waals surface area contributed by atoms with Crippen molar-refractivity contribution >= 4 is 12.4 Å². The zero-order valence-electron chi connectivity index (χ0n) is 5.86. The maximum Gasteiger partial charge on any atom is 0.0267 e. The van der Waals surface area contributed by atoms with E-state index < -0.39 is 13.6 Å². The molecule has 0 aliphatic heterocycles. The third-order valence-electron chi connectivity index (χ3n) is 0.566. The number of hydrogen-bond donors (Lipinski definition) is 2. The van der Waals surface area contributed by atoms with Gasteiger partial charge in [0.15, 0.2) is 0 Å². The van der Waals surface area contributed by atoms with Crippen molar-refractivity contribution in [2.45, 2.75) is 0 Å². The first kappa shape index (κ1) is 14.0. The van der Waals surface area contributed by atoms with Gasteiger partial charge in [-0.05, 0) is 12.1 Å². The molecule has 0 spiro atoms. The molecule has 0 unspecified atom stereocenters. The van der Waals surface area contributed by atoms with Crippen LogP contribution >= 0.6 is 12.4 Å². The molecule has 0 bridgehead atoms. The molecule has 2 N–H and O–H groups in total.